The van der Waals surface area contributed by atoms with Gasteiger partial charge in [-0.2, -0.15) is 0 Å². The van der Waals surface area contributed by atoms with Gasteiger partial charge in [-0.1, -0.05) is 0 Å². The number of halogens is 1. The van der Waals surface area contributed by atoms with Gasteiger partial charge in [0, 0.05) is 5.39 Å². The lowest BCUT2D eigenvalue weighted by Crippen LogP contribution is -1.86. The quantitative estimate of drug-likeness (QED) is 0.564. The van der Waals surface area contributed by atoms with Gasteiger partial charge < -0.3 is 0 Å². The van der Waals surface area contributed by atoms with E-state index >= 15 is 0 Å². The summed E-state index contributed by atoms with van der Waals surface area (Å²) in [4.78, 5) is 0. The molecular weight excluding hydrogens is 145 g/mol. The zero-order valence-electron chi connectivity index (χ0n) is 5.53. The zero-order chi connectivity index (χ0) is 7.68. The number of hydrogen-bond donors (Lipinski definition) is 0. The van der Waals surface area contributed by atoms with Crippen LogP contribution in [0.1, 0.15) is 0 Å². The highest BCUT2D eigenvalue weighted by atomic mass is 19.1. The largest absolute Gasteiger partial charge is 0.207 e. The van der Waals surface area contributed by atoms with Crippen LogP contribution in [0.4, 0.5) is 4.39 Å². The number of benzene rings is 1. The summed E-state index contributed by atoms with van der Waals surface area (Å²) in [7, 11) is 0. The number of hydrogen-bond acceptors (Lipinski definition) is 3. The third-order valence-electron chi connectivity index (χ3n) is 1.39. The molecule has 0 unspecified atom stereocenters. The predicted octanol–water partition coefficient (Wildman–Crippen LogP) is 1.16. The summed E-state index contributed by atoms with van der Waals surface area (Å²) in [5.74, 6) is -0.285. The highest BCUT2D eigenvalue weighted by molar-refractivity contribution is 5.76. The molecule has 1 aromatic carbocycles. The van der Waals surface area contributed by atoms with Gasteiger partial charge in [-0.05, 0) is 23.4 Å². The van der Waals surface area contributed by atoms with Crippen LogP contribution in [0.25, 0.3) is 10.9 Å². The van der Waals surface area contributed by atoms with Crippen LogP contribution in [0, 0.1) is 5.82 Å². The molecule has 0 saturated heterocycles. The lowest BCUT2D eigenvalue weighted by molar-refractivity contribution is 0.629. The molecule has 0 N–H and O–H groups in total. The molecule has 0 saturated carbocycles. The molecule has 2 aromatic rings. The van der Waals surface area contributed by atoms with Crippen molar-refractivity contribution in [2.24, 2.45) is 0 Å². The number of nitrogens with zero attached hydrogens (tertiary/aromatic N) is 3. The first-order valence-electron chi connectivity index (χ1n) is 3.10. The van der Waals surface area contributed by atoms with E-state index in [0.717, 1.165) is 0 Å². The van der Waals surface area contributed by atoms with Crippen molar-refractivity contribution < 1.29 is 4.39 Å². The Balaban J connectivity index is 2.83. The fourth-order valence-electron chi connectivity index (χ4n) is 0.882. The first-order chi connectivity index (χ1) is 5.36. The van der Waals surface area contributed by atoms with Gasteiger partial charge in [-0.3, -0.25) is 0 Å². The molecule has 0 atom stereocenters. The van der Waals surface area contributed by atoms with E-state index in [4.69, 9.17) is 0 Å². The van der Waals surface area contributed by atoms with Crippen molar-refractivity contribution in [3.8, 4) is 0 Å². The topological polar surface area (TPSA) is 38.7 Å². The second-order valence-corrected chi connectivity index (χ2v) is 2.14. The Morgan fingerprint density at radius 2 is 2.18 bits per heavy atom. The highest BCUT2D eigenvalue weighted by Gasteiger charge is 1.95. The van der Waals surface area contributed by atoms with E-state index in [1.165, 1.54) is 18.3 Å². The lowest BCUT2D eigenvalue weighted by Gasteiger charge is -1.91. The van der Waals surface area contributed by atoms with Crippen LogP contribution >= 0.6 is 0 Å². The summed E-state index contributed by atoms with van der Waals surface area (Å²) < 4.78 is 12.6. The molecule has 54 valence electrons. The molecule has 3 nitrogen and oxygen atoms in total. The second-order valence-electron chi connectivity index (χ2n) is 2.14. The SMILES string of the molecule is Fc1ccc2nnncc2c1. The van der Waals surface area contributed by atoms with E-state index in [-0.39, 0.29) is 5.82 Å². The zero-order valence-corrected chi connectivity index (χ0v) is 5.53. The third kappa shape index (κ3) is 1.02. The Bertz CT molecular complexity index is 388. The van der Waals surface area contributed by atoms with E-state index in [1.807, 2.05) is 0 Å². The van der Waals surface area contributed by atoms with Crippen molar-refractivity contribution in [2.75, 3.05) is 0 Å². The lowest BCUT2D eigenvalue weighted by atomic mass is 10.2. The van der Waals surface area contributed by atoms with Crippen molar-refractivity contribution in [2.45, 2.75) is 0 Å². The van der Waals surface area contributed by atoms with Gasteiger partial charge in [0.25, 0.3) is 0 Å². The average molecular weight is 149 g/mol. The van der Waals surface area contributed by atoms with Crippen LogP contribution < -0.4 is 0 Å². The van der Waals surface area contributed by atoms with Gasteiger partial charge in [-0.15, -0.1) is 10.2 Å². The van der Waals surface area contributed by atoms with Crippen molar-refractivity contribution in [1.82, 2.24) is 15.4 Å². The van der Waals surface area contributed by atoms with Gasteiger partial charge in [0.1, 0.15) is 5.82 Å². The van der Waals surface area contributed by atoms with Crippen LogP contribution in [-0.2, 0) is 0 Å². The second kappa shape index (κ2) is 2.23. The van der Waals surface area contributed by atoms with Crippen molar-refractivity contribution in [1.29, 1.82) is 0 Å². The third-order valence-corrected chi connectivity index (χ3v) is 1.39. The smallest absolute Gasteiger partial charge is 0.124 e. The molecule has 0 spiro atoms. The van der Waals surface area contributed by atoms with Crippen molar-refractivity contribution in [3.63, 3.8) is 0 Å². The molecule has 0 aliphatic heterocycles. The predicted molar refractivity (Wildman–Crippen MR) is 37.3 cm³/mol. The maximum atomic E-state index is 12.6. The van der Waals surface area contributed by atoms with E-state index in [0.29, 0.717) is 10.9 Å². The average Bonchev–Trinajstić information content (AvgIpc) is 2.04. The number of aromatic nitrogens is 3. The summed E-state index contributed by atoms with van der Waals surface area (Å²) >= 11 is 0. The van der Waals surface area contributed by atoms with Crippen LogP contribution in [0.15, 0.2) is 24.4 Å². The molecule has 0 aliphatic carbocycles. The molecular formula is C7H4FN3. The normalized spacial score (nSPS) is 10.3. The van der Waals surface area contributed by atoms with E-state index in [2.05, 4.69) is 15.4 Å². The van der Waals surface area contributed by atoms with Crippen LogP contribution in [0.3, 0.4) is 0 Å². The molecule has 4 heteroatoms. The summed E-state index contributed by atoms with van der Waals surface area (Å²) in [6.07, 6.45) is 1.48. The van der Waals surface area contributed by atoms with Crippen LogP contribution in [-0.4, -0.2) is 15.4 Å². The Labute approximate surface area is 61.9 Å². The first-order valence-corrected chi connectivity index (χ1v) is 3.10. The Morgan fingerprint density at radius 1 is 1.27 bits per heavy atom. The fourth-order valence-corrected chi connectivity index (χ4v) is 0.882. The van der Waals surface area contributed by atoms with E-state index in [1.54, 1.807) is 6.07 Å². The Morgan fingerprint density at radius 3 is 3.09 bits per heavy atom. The van der Waals surface area contributed by atoms with Gasteiger partial charge in [-0.25, -0.2) is 4.39 Å². The fraction of sp³-hybridized carbons (Fsp3) is 0. The highest BCUT2D eigenvalue weighted by Crippen LogP contribution is 2.09. The van der Waals surface area contributed by atoms with Gasteiger partial charge >= 0.3 is 0 Å². The van der Waals surface area contributed by atoms with Crippen LogP contribution in [0.2, 0.25) is 0 Å². The van der Waals surface area contributed by atoms with Gasteiger partial charge in [0.2, 0.25) is 0 Å². The molecule has 0 aliphatic rings. The van der Waals surface area contributed by atoms with Gasteiger partial charge in [0.05, 0.1) is 11.7 Å². The first kappa shape index (κ1) is 6.15. The van der Waals surface area contributed by atoms with E-state index in [9.17, 15) is 4.39 Å². The number of rotatable bonds is 0. The standard InChI is InChI=1S/C7H4FN3/c8-6-1-2-7-5(3-6)4-9-11-10-7/h1-4H. The van der Waals surface area contributed by atoms with Crippen LogP contribution in [0.5, 0.6) is 0 Å². The van der Waals surface area contributed by atoms with Gasteiger partial charge in [0.15, 0.2) is 0 Å². The molecule has 0 fully saturated rings. The van der Waals surface area contributed by atoms with Crippen molar-refractivity contribution in [3.05, 3.63) is 30.2 Å². The maximum absolute atomic E-state index is 12.6. The summed E-state index contributed by atoms with van der Waals surface area (Å²) in [5.41, 5.74) is 0.654. The molecule has 2 rings (SSSR count). The molecule has 0 bridgehead atoms. The number of fused-ring (bicyclic) bond motifs is 1. The molecule has 1 heterocycles. The summed E-state index contributed by atoms with van der Waals surface area (Å²) in [6, 6.07) is 4.29. The monoisotopic (exact) mass is 149 g/mol. The van der Waals surface area contributed by atoms with Crippen molar-refractivity contribution >= 4 is 10.9 Å². The molecule has 1 aromatic heterocycles. The minimum Gasteiger partial charge on any atom is -0.207 e. The molecule has 11 heavy (non-hydrogen) atoms. The van der Waals surface area contributed by atoms with E-state index < -0.39 is 0 Å². The maximum Gasteiger partial charge on any atom is 0.124 e. The minimum atomic E-state index is -0.285. The minimum absolute atomic E-state index is 0.285. The summed E-state index contributed by atoms with van der Waals surface area (Å²) in [5, 5.41) is 11.3. The molecule has 0 amide bonds. The Hall–Kier alpha value is -1.58. The summed E-state index contributed by atoms with van der Waals surface area (Å²) in [6.45, 7) is 0. The Kier molecular flexibility index (Phi) is 1.25. The molecule has 0 radical (unpaired) electrons.